The largest absolute Gasteiger partial charge is 0.495 e. The Morgan fingerprint density at radius 1 is 1.33 bits per heavy atom. The summed E-state index contributed by atoms with van der Waals surface area (Å²) < 4.78 is 5.27. The van der Waals surface area contributed by atoms with E-state index in [4.69, 9.17) is 27.9 Å². The maximum atomic E-state index is 11.5. The van der Waals surface area contributed by atoms with Gasteiger partial charge in [-0.25, -0.2) is 0 Å². The molecule has 1 rings (SSSR count). The van der Waals surface area contributed by atoms with Gasteiger partial charge in [-0.3, -0.25) is 4.79 Å². The Morgan fingerprint density at radius 2 is 1.95 bits per heavy atom. The van der Waals surface area contributed by atoms with Crippen LogP contribution >= 0.6 is 23.2 Å². The third-order valence-corrected chi connectivity index (χ3v) is 4.37. The monoisotopic (exact) mass is 333 g/mol. The summed E-state index contributed by atoms with van der Waals surface area (Å²) in [6.45, 7) is 4.59. The van der Waals surface area contributed by atoms with Gasteiger partial charge in [-0.05, 0) is 25.0 Å². The normalized spacial score (nSPS) is 11.5. The number of nitrogens with one attached hydrogen (secondary N) is 1. The highest BCUT2D eigenvalue weighted by atomic mass is 35.5. The van der Waals surface area contributed by atoms with E-state index in [-0.39, 0.29) is 0 Å². The van der Waals surface area contributed by atoms with Crippen molar-refractivity contribution in [3.8, 4) is 5.75 Å². The van der Waals surface area contributed by atoms with Gasteiger partial charge in [-0.15, -0.1) is 0 Å². The van der Waals surface area contributed by atoms with Crippen molar-refractivity contribution in [1.29, 1.82) is 0 Å². The molecule has 0 saturated carbocycles. The van der Waals surface area contributed by atoms with Gasteiger partial charge in [0.05, 0.1) is 17.5 Å². The minimum atomic E-state index is -0.781. The van der Waals surface area contributed by atoms with Crippen LogP contribution in [-0.4, -0.2) is 24.7 Å². The van der Waals surface area contributed by atoms with E-state index in [1.807, 2.05) is 13.8 Å². The number of rotatable bonds is 8. The zero-order chi connectivity index (χ0) is 16.0. The lowest BCUT2D eigenvalue weighted by molar-refractivity contribution is -0.149. The van der Waals surface area contributed by atoms with Crippen molar-refractivity contribution in [2.24, 2.45) is 5.41 Å². The number of carbonyl (C=O) groups is 1. The Morgan fingerprint density at radius 3 is 2.43 bits per heavy atom. The molecule has 1 aromatic carbocycles. The predicted molar refractivity (Wildman–Crippen MR) is 85.4 cm³/mol. The quantitative estimate of drug-likeness (QED) is 0.755. The third-order valence-electron chi connectivity index (χ3n) is 3.88. The molecule has 118 valence electrons. The molecule has 0 fully saturated rings. The molecule has 0 amide bonds. The standard InChI is InChI=1S/C15H21Cl2NO3/c1-4-15(5-2,14(19)20)9-18-8-10-6-11(16)7-12(17)13(10)21-3/h6-7,18H,4-5,8-9H2,1-3H3,(H,19,20). The lowest BCUT2D eigenvalue weighted by Crippen LogP contribution is -2.40. The van der Waals surface area contributed by atoms with E-state index in [2.05, 4.69) is 5.32 Å². The minimum Gasteiger partial charge on any atom is -0.495 e. The van der Waals surface area contributed by atoms with Crippen molar-refractivity contribution in [3.05, 3.63) is 27.7 Å². The van der Waals surface area contributed by atoms with Crippen LogP contribution in [0, 0.1) is 5.41 Å². The van der Waals surface area contributed by atoms with E-state index in [9.17, 15) is 9.90 Å². The molecule has 0 saturated heterocycles. The average Bonchev–Trinajstić information content (AvgIpc) is 2.43. The number of carboxylic acids is 1. The molecule has 0 aliphatic carbocycles. The molecule has 0 atom stereocenters. The van der Waals surface area contributed by atoms with Crippen LogP contribution in [0.2, 0.25) is 10.0 Å². The summed E-state index contributed by atoms with van der Waals surface area (Å²) in [7, 11) is 1.54. The van der Waals surface area contributed by atoms with Crippen LogP contribution in [-0.2, 0) is 11.3 Å². The van der Waals surface area contributed by atoms with Crippen molar-refractivity contribution < 1.29 is 14.6 Å². The molecule has 0 bridgehead atoms. The van der Waals surface area contributed by atoms with Gasteiger partial charge in [0.1, 0.15) is 5.75 Å². The number of hydrogen-bond acceptors (Lipinski definition) is 3. The Bertz CT molecular complexity index is 502. The van der Waals surface area contributed by atoms with Gasteiger partial charge < -0.3 is 15.2 Å². The summed E-state index contributed by atoms with van der Waals surface area (Å²) in [5.41, 5.74) is 0.0526. The van der Waals surface area contributed by atoms with Crippen LogP contribution in [0.15, 0.2) is 12.1 Å². The van der Waals surface area contributed by atoms with Gasteiger partial charge in [0.25, 0.3) is 0 Å². The predicted octanol–water partition coefficient (Wildman–Crippen LogP) is 3.98. The Balaban J connectivity index is 2.82. The summed E-state index contributed by atoms with van der Waals surface area (Å²) in [6, 6.07) is 3.38. The lowest BCUT2D eigenvalue weighted by Gasteiger charge is -2.27. The zero-order valence-corrected chi connectivity index (χ0v) is 14.0. The molecule has 0 heterocycles. The Hall–Kier alpha value is -0.970. The number of carboxylic acid groups (broad SMARTS) is 1. The Kier molecular flexibility index (Phi) is 6.78. The molecule has 4 nitrogen and oxygen atoms in total. The minimum absolute atomic E-state index is 0.378. The third kappa shape index (κ3) is 4.25. The fourth-order valence-corrected chi connectivity index (χ4v) is 2.90. The van der Waals surface area contributed by atoms with E-state index in [1.165, 1.54) is 7.11 Å². The highest BCUT2D eigenvalue weighted by Gasteiger charge is 2.34. The van der Waals surface area contributed by atoms with Crippen LogP contribution in [0.1, 0.15) is 32.3 Å². The molecule has 0 unspecified atom stereocenters. The molecule has 0 radical (unpaired) electrons. The number of methoxy groups -OCH3 is 1. The van der Waals surface area contributed by atoms with E-state index >= 15 is 0 Å². The number of benzene rings is 1. The molecule has 0 spiro atoms. The molecular formula is C15H21Cl2NO3. The first kappa shape index (κ1) is 18.1. The fraction of sp³-hybridized carbons (Fsp3) is 0.533. The fourth-order valence-electron chi connectivity index (χ4n) is 2.29. The van der Waals surface area contributed by atoms with Gasteiger partial charge in [0.15, 0.2) is 0 Å². The van der Waals surface area contributed by atoms with Crippen molar-refractivity contribution >= 4 is 29.2 Å². The van der Waals surface area contributed by atoms with Crippen LogP contribution in [0.3, 0.4) is 0 Å². The topological polar surface area (TPSA) is 58.6 Å². The summed E-state index contributed by atoms with van der Waals surface area (Å²) in [5, 5.41) is 13.5. The van der Waals surface area contributed by atoms with Crippen molar-refractivity contribution in [2.45, 2.75) is 33.2 Å². The average molecular weight is 334 g/mol. The molecule has 0 aromatic heterocycles. The maximum Gasteiger partial charge on any atom is 0.310 e. The first-order valence-electron chi connectivity index (χ1n) is 6.86. The van der Waals surface area contributed by atoms with E-state index < -0.39 is 11.4 Å². The van der Waals surface area contributed by atoms with Crippen LogP contribution in [0.25, 0.3) is 0 Å². The first-order valence-corrected chi connectivity index (χ1v) is 7.61. The van der Waals surface area contributed by atoms with E-state index in [0.717, 1.165) is 5.56 Å². The molecule has 0 aliphatic rings. The van der Waals surface area contributed by atoms with Crippen molar-refractivity contribution in [3.63, 3.8) is 0 Å². The molecule has 0 aliphatic heterocycles. The van der Waals surface area contributed by atoms with Crippen LogP contribution in [0.4, 0.5) is 0 Å². The molecule has 21 heavy (non-hydrogen) atoms. The SMILES string of the molecule is CCC(CC)(CNCc1cc(Cl)cc(Cl)c1OC)C(=O)O. The number of ether oxygens (including phenoxy) is 1. The second kappa shape index (κ2) is 7.87. The summed E-state index contributed by atoms with van der Waals surface area (Å²) in [4.78, 5) is 11.5. The van der Waals surface area contributed by atoms with Crippen LogP contribution in [0.5, 0.6) is 5.75 Å². The van der Waals surface area contributed by atoms with Gasteiger partial charge in [-0.1, -0.05) is 37.0 Å². The van der Waals surface area contributed by atoms with Crippen molar-refractivity contribution in [1.82, 2.24) is 5.32 Å². The molecule has 2 N–H and O–H groups in total. The van der Waals surface area contributed by atoms with Crippen molar-refractivity contribution in [2.75, 3.05) is 13.7 Å². The maximum absolute atomic E-state index is 11.5. The van der Waals surface area contributed by atoms with E-state index in [0.29, 0.717) is 41.7 Å². The summed E-state index contributed by atoms with van der Waals surface area (Å²) in [6.07, 6.45) is 1.14. The zero-order valence-electron chi connectivity index (χ0n) is 12.5. The highest BCUT2D eigenvalue weighted by Crippen LogP contribution is 2.32. The number of halogens is 2. The first-order chi connectivity index (χ1) is 9.90. The number of hydrogen-bond donors (Lipinski definition) is 2. The van der Waals surface area contributed by atoms with Crippen LogP contribution < -0.4 is 10.1 Å². The van der Waals surface area contributed by atoms with Gasteiger partial charge >= 0.3 is 5.97 Å². The lowest BCUT2D eigenvalue weighted by atomic mass is 9.82. The second-order valence-corrected chi connectivity index (χ2v) is 5.82. The Labute approximate surface area is 135 Å². The molecule has 6 heteroatoms. The highest BCUT2D eigenvalue weighted by molar-refractivity contribution is 6.35. The second-order valence-electron chi connectivity index (χ2n) is 4.98. The van der Waals surface area contributed by atoms with Gasteiger partial charge in [0, 0.05) is 23.7 Å². The van der Waals surface area contributed by atoms with Gasteiger partial charge in [-0.2, -0.15) is 0 Å². The van der Waals surface area contributed by atoms with E-state index in [1.54, 1.807) is 12.1 Å². The summed E-state index contributed by atoms with van der Waals surface area (Å²) in [5.74, 6) is -0.224. The molecule has 1 aromatic rings. The smallest absolute Gasteiger partial charge is 0.310 e. The van der Waals surface area contributed by atoms with Gasteiger partial charge in [0.2, 0.25) is 0 Å². The molecular weight excluding hydrogens is 313 g/mol. The number of aliphatic carboxylic acids is 1. The summed E-state index contributed by atoms with van der Waals surface area (Å²) >= 11 is 12.1.